The molecule has 0 amide bonds. The van der Waals surface area contributed by atoms with Crippen LogP contribution >= 0.6 is 11.6 Å². The van der Waals surface area contributed by atoms with E-state index >= 15 is 0 Å². The average molecular weight is 303 g/mol. The number of rotatable bonds is 4. The van der Waals surface area contributed by atoms with Crippen molar-refractivity contribution in [1.29, 1.82) is 0 Å². The Hall–Kier alpha value is -1.28. The third kappa shape index (κ3) is 3.16. The highest BCUT2D eigenvalue weighted by Crippen LogP contribution is 2.31. The molecule has 3 rings (SSSR count). The fourth-order valence-corrected chi connectivity index (χ4v) is 3.55. The van der Waals surface area contributed by atoms with Gasteiger partial charge in [0.25, 0.3) is 0 Å². The number of pyridine rings is 1. The van der Waals surface area contributed by atoms with Crippen LogP contribution in [-0.4, -0.2) is 18.1 Å². The Morgan fingerprint density at radius 1 is 1.24 bits per heavy atom. The summed E-state index contributed by atoms with van der Waals surface area (Å²) in [6, 6.07) is 10.6. The summed E-state index contributed by atoms with van der Waals surface area (Å²) in [4.78, 5) is 7.16. The van der Waals surface area contributed by atoms with Gasteiger partial charge in [0, 0.05) is 24.2 Å². The summed E-state index contributed by atoms with van der Waals surface area (Å²) in [6.45, 7) is 4.59. The van der Waals surface area contributed by atoms with Crippen molar-refractivity contribution in [3.63, 3.8) is 0 Å². The first-order valence-electron chi connectivity index (χ1n) is 8.01. The van der Waals surface area contributed by atoms with Gasteiger partial charge in [0.05, 0.1) is 17.1 Å². The predicted octanol–water partition coefficient (Wildman–Crippen LogP) is 4.99. The van der Waals surface area contributed by atoms with Crippen molar-refractivity contribution >= 4 is 28.2 Å². The number of alkyl halides is 1. The summed E-state index contributed by atoms with van der Waals surface area (Å²) in [5.74, 6) is 1.39. The van der Waals surface area contributed by atoms with E-state index in [4.69, 9.17) is 11.6 Å². The molecule has 2 nitrogen and oxygen atoms in total. The number of para-hydroxylation sites is 1. The number of benzene rings is 1. The molecule has 1 aromatic carbocycles. The lowest BCUT2D eigenvalue weighted by Crippen LogP contribution is -2.33. The second-order valence-corrected chi connectivity index (χ2v) is 6.27. The van der Waals surface area contributed by atoms with E-state index in [1.165, 1.54) is 36.8 Å². The van der Waals surface area contributed by atoms with Crippen LogP contribution in [0.25, 0.3) is 10.9 Å². The van der Waals surface area contributed by atoms with Crippen LogP contribution in [0.3, 0.4) is 0 Å². The first-order chi connectivity index (χ1) is 10.3. The molecule has 0 aliphatic carbocycles. The van der Waals surface area contributed by atoms with Gasteiger partial charge in [0.2, 0.25) is 0 Å². The second-order valence-electron chi connectivity index (χ2n) is 6.00. The number of aromatic nitrogens is 1. The number of hydrogen-bond acceptors (Lipinski definition) is 2. The van der Waals surface area contributed by atoms with E-state index in [2.05, 4.69) is 41.1 Å². The lowest BCUT2D eigenvalue weighted by atomic mass is 9.92. The third-order valence-electron chi connectivity index (χ3n) is 4.54. The Bertz CT molecular complexity index is 603. The molecule has 3 heteroatoms. The van der Waals surface area contributed by atoms with Crippen LogP contribution in [-0.2, 0) is 5.88 Å². The minimum absolute atomic E-state index is 0.476. The number of halogens is 1. The van der Waals surface area contributed by atoms with E-state index in [0.717, 1.165) is 30.2 Å². The van der Waals surface area contributed by atoms with E-state index in [0.29, 0.717) is 5.88 Å². The summed E-state index contributed by atoms with van der Waals surface area (Å²) in [5, 5.41) is 1.25. The fraction of sp³-hybridized carbons (Fsp3) is 0.500. The van der Waals surface area contributed by atoms with Gasteiger partial charge in [-0.2, -0.15) is 0 Å². The largest absolute Gasteiger partial charge is 0.371 e. The summed E-state index contributed by atoms with van der Waals surface area (Å²) >= 11 is 6.02. The first kappa shape index (κ1) is 14.6. The molecule has 0 radical (unpaired) electrons. The number of hydrogen-bond donors (Lipinski definition) is 0. The summed E-state index contributed by atoms with van der Waals surface area (Å²) in [5.41, 5.74) is 3.34. The summed E-state index contributed by atoms with van der Waals surface area (Å²) in [6.07, 6.45) is 5.29. The molecule has 1 aliphatic rings. The Labute approximate surface area is 132 Å². The molecular weight excluding hydrogens is 280 g/mol. The van der Waals surface area contributed by atoms with Crippen LogP contribution in [0, 0.1) is 5.92 Å². The molecule has 2 aromatic rings. The zero-order valence-corrected chi connectivity index (χ0v) is 13.4. The predicted molar refractivity (Wildman–Crippen MR) is 91.1 cm³/mol. The van der Waals surface area contributed by atoms with Crippen molar-refractivity contribution in [1.82, 2.24) is 4.98 Å². The summed E-state index contributed by atoms with van der Waals surface area (Å²) < 4.78 is 0. The Morgan fingerprint density at radius 3 is 2.71 bits per heavy atom. The van der Waals surface area contributed by atoms with Crippen molar-refractivity contribution in [3.05, 3.63) is 36.0 Å². The molecule has 0 atom stereocenters. The van der Waals surface area contributed by atoms with E-state index in [-0.39, 0.29) is 0 Å². The molecule has 1 saturated heterocycles. The molecule has 0 spiro atoms. The normalized spacial score (nSPS) is 16.6. The quantitative estimate of drug-likeness (QED) is 0.740. The monoisotopic (exact) mass is 302 g/mol. The number of nitrogens with zero attached hydrogens (tertiary/aromatic N) is 2. The molecule has 0 bridgehead atoms. The van der Waals surface area contributed by atoms with E-state index in [1.54, 1.807) is 0 Å². The molecule has 112 valence electrons. The zero-order valence-electron chi connectivity index (χ0n) is 12.7. The van der Waals surface area contributed by atoms with Crippen molar-refractivity contribution in [3.8, 4) is 0 Å². The van der Waals surface area contributed by atoms with Crippen LogP contribution in [0.5, 0.6) is 0 Å². The van der Waals surface area contributed by atoms with Crippen molar-refractivity contribution in [2.45, 2.75) is 38.5 Å². The third-order valence-corrected chi connectivity index (χ3v) is 4.81. The molecule has 0 saturated carbocycles. The second kappa shape index (κ2) is 6.65. The molecule has 0 N–H and O–H groups in total. The maximum Gasteiger partial charge on any atom is 0.0726 e. The topological polar surface area (TPSA) is 16.1 Å². The highest BCUT2D eigenvalue weighted by atomic mass is 35.5. The van der Waals surface area contributed by atoms with Gasteiger partial charge in [0.1, 0.15) is 0 Å². The fourth-order valence-electron chi connectivity index (χ4n) is 3.41. The molecule has 1 aliphatic heterocycles. The van der Waals surface area contributed by atoms with Gasteiger partial charge in [-0.3, -0.25) is 4.98 Å². The van der Waals surface area contributed by atoms with Crippen molar-refractivity contribution in [2.75, 3.05) is 18.0 Å². The van der Waals surface area contributed by atoms with Gasteiger partial charge in [-0.25, -0.2) is 0 Å². The van der Waals surface area contributed by atoms with E-state index in [1.807, 2.05) is 6.07 Å². The highest BCUT2D eigenvalue weighted by molar-refractivity contribution is 6.17. The SMILES string of the molecule is CCCC1CCN(c2cc(CCl)nc3ccccc23)CC1. The maximum atomic E-state index is 6.02. The maximum absolute atomic E-state index is 6.02. The first-order valence-corrected chi connectivity index (χ1v) is 8.55. The number of piperidine rings is 1. The highest BCUT2D eigenvalue weighted by Gasteiger charge is 2.20. The van der Waals surface area contributed by atoms with E-state index in [9.17, 15) is 0 Å². The number of anilines is 1. The minimum atomic E-state index is 0.476. The molecule has 21 heavy (non-hydrogen) atoms. The lowest BCUT2D eigenvalue weighted by molar-refractivity contribution is 0.379. The van der Waals surface area contributed by atoms with Crippen molar-refractivity contribution in [2.24, 2.45) is 5.92 Å². The molecular formula is C18H23ClN2. The minimum Gasteiger partial charge on any atom is -0.371 e. The average Bonchev–Trinajstić information content (AvgIpc) is 2.55. The molecule has 1 fully saturated rings. The standard InChI is InChI=1S/C18H23ClN2/c1-2-5-14-8-10-21(11-9-14)18-12-15(13-19)20-17-7-4-3-6-16(17)18/h3-4,6-7,12,14H,2,5,8-11,13H2,1H3. The van der Waals surface area contributed by atoms with Crippen molar-refractivity contribution < 1.29 is 0 Å². The molecule has 0 unspecified atom stereocenters. The molecule has 1 aromatic heterocycles. The lowest BCUT2D eigenvalue weighted by Gasteiger charge is -2.34. The number of fused-ring (bicyclic) bond motifs is 1. The van der Waals surface area contributed by atoms with Crippen LogP contribution in [0.15, 0.2) is 30.3 Å². The zero-order chi connectivity index (χ0) is 14.7. The molecule has 2 heterocycles. The van der Waals surface area contributed by atoms with Gasteiger partial charge in [-0.05, 0) is 30.9 Å². The van der Waals surface area contributed by atoms with Crippen LogP contribution in [0.4, 0.5) is 5.69 Å². The smallest absolute Gasteiger partial charge is 0.0726 e. The Morgan fingerprint density at radius 2 is 2.00 bits per heavy atom. The van der Waals surface area contributed by atoms with Crippen LogP contribution < -0.4 is 4.90 Å². The van der Waals surface area contributed by atoms with Gasteiger partial charge < -0.3 is 4.90 Å². The van der Waals surface area contributed by atoms with Gasteiger partial charge in [-0.15, -0.1) is 11.6 Å². The van der Waals surface area contributed by atoms with Gasteiger partial charge in [0.15, 0.2) is 0 Å². The van der Waals surface area contributed by atoms with Crippen LogP contribution in [0.2, 0.25) is 0 Å². The van der Waals surface area contributed by atoms with Gasteiger partial charge >= 0.3 is 0 Å². The Kier molecular flexibility index (Phi) is 4.64. The van der Waals surface area contributed by atoms with Crippen LogP contribution in [0.1, 0.15) is 38.3 Å². The Balaban J connectivity index is 1.89. The summed E-state index contributed by atoms with van der Waals surface area (Å²) in [7, 11) is 0. The van der Waals surface area contributed by atoms with Gasteiger partial charge in [-0.1, -0.05) is 38.0 Å². The van der Waals surface area contributed by atoms with E-state index < -0.39 is 0 Å².